The van der Waals surface area contributed by atoms with Crippen LogP contribution in [0.4, 0.5) is 5.69 Å². The highest BCUT2D eigenvalue weighted by Crippen LogP contribution is 2.30. The van der Waals surface area contributed by atoms with E-state index >= 15 is 0 Å². The van der Waals surface area contributed by atoms with Crippen molar-refractivity contribution < 1.29 is 23.9 Å². The number of primary amides is 1. The molecule has 47 heavy (non-hydrogen) atoms. The van der Waals surface area contributed by atoms with Crippen molar-refractivity contribution in [2.24, 2.45) is 5.73 Å². The minimum Gasteiger partial charge on any atom is -0.482 e. The van der Waals surface area contributed by atoms with Crippen LogP contribution in [-0.2, 0) is 9.59 Å². The van der Waals surface area contributed by atoms with E-state index in [1.807, 2.05) is 49.4 Å². The largest absolute Gasteiger partial charge is 0.482 e. The van der Waals surface area contributed by atoms with Crippen molar-refractivity contribution >= 4 is 41.9 Å². The van der Waals surface area contributed by atoms with Crippen molar-refractivity contribution in [1.29, 1.82) is 0 Å². The predicted molar refractivity (Wildman–Crippen MR) is 188 cm³/mol. The van der Waals surface area contributed by atoms with Crippen LogP contribution in [0.3, 0.4) is 0 Å². The molecule has 0 unspecified atom stereocenters. The number of thiol groups is 1. The summed E-state index contributed by atoms with van der Waals surface area (Å²) >= 11 is 4.21. The molecule has 9 nitrogen and oxygen atoms in total. The number of carbonyl (C=O) groups excluding carboxylic acids is 4. The second kappa shape index (κ2) is 17.2. The van der Waals surface area contributed by atoms with E-state index in [0.29, 0.717) is 30.6 Å². The Hall–Kier alpha value is -4.83. The number of nitrogens with one attached hydrogen (secondary N) is 2. The molecule has 0 saturated carbocycles. The average molecular weight is 655 g/mol. The summed E-state index contributed by atoms with van der Waals surface area (Å²) in [7, 11) is 0. The molecule has 3 aromatic rings. The molecule has 0 aliphatic carbocycles. The first-order valence-electron chi connectivity index (χ1n) is 15.9. The number of rotatable bonds is 14. The van der Waals surface area contributed by atoms with Gasteiger partial charge in [-0.1, -0.05) is 68.3 Å². The van der Waals surface area contributed by atoms with E-state index in [1.165, 1.54) is 11.0 Å². The lowest BCUT2D eigenvalue weighted by Gasteiger charge is -2.22. The Labute approximate surface area is 281 Å². The van der Waals surface area contributed by atoms with Gasteiger partial charge in [-0.05, 0) is 85.1 Å². The first kappa shape index (κ1) is 35.0. The lowest BCUT2D eigenvalue weighted by atomic mass is 9.99. The van der Waals surface area contributed by atoms with Crippen LogP contribution in [0.15, 0.2) is 95.6 Å². The fraction of sp³-hybridized carbons (Fsp3) is 0.297. The number of allylic oxidation sites excluding steroid dienone is 2. The predicted octanol–water partition coefficient (Wildman–Crippen LogP) is 6.49. The van der Waals surface area contributed by atoms with Gasteiger partial charge in [0.2, 0.25) is 5.91 Å². The van der Waals surface area contributed by atoms with Gasteiger partial charge in [-0.15, -0.1) is 0 Å². The third-order valence-electron chi connectivity index (χ3n) is 8.11. The van der Waals surface area contributed by atoms with Crippen molar-refractivity contribution in [3.05, 3.63) is 107 Å². The van der Waals surface area contributed by atoms with Gasteiger partial charge in [-0.3, -0.25) is 19.2 Å². The molecular formula is C37H42N4O5S. The maximum Gasteiger partial charge on any atom is 0.261 e. The van der Waals surface area contributed by atoms with E-state index in [2.05, 4.69) is 30.2 Å². The molecule has 1 fully saturated rings. The van der Waals surface area contributed by atoms with Crippen molar-refractivity contribution in [3.63, 3.8) is 0 Å². The van der Waals surface area contributed by atoms with Crippen LogP contribution < -0.4 is 21.1 Å². The Morgan fingerprint density at radius 3 is 2.47 bits per heavy atom. The van der Waals surface area contributed by atoms with E-state index in [4.69, 9.17) is 10.5 Å². The molecule has 0 aromatic heterocycles. The number of benzene rings is 3. The topological polar surface area (TPSA) is 131 Å². The maximum atomic E-state index is 13.7. The normalized spacial score (nSPS) is 14.9. The van der Waals surface area contributed by atoms with Gasteiger partial charge in [0.05, 0.1) is 5.69 Å². The van der Waals surface area contributed by atoms with E-state index in [1.54, 1.807) is 35.7 Å². The highest BCUT2D eigenvalue weighted by molar-refractivity contribution is 7.83. The maximum absolute atomic E-state index is 13.7. The molecule has 1 aliphatic heterocycles. The second-order valence-electron chi connectivity index (χ2n) is 11.4. The number of amides is 4. The SMILES string of the molecule is CCCCC/C(C)=C(/C=C\S)NC(=O)c1ccc(NC(=O)c2ccccc2-c2ccccc2)c(OCC(=O)N2CCC[C@H]2C(N)=O)c1. The number of ether oxygens (including phenoxy) is 1. The zero-order chi connectivity index (χ0) is 33.8. The molecule has 3 aromatic carbocycles. The lowest BCUT2D eigenvalue weighted by Crippen LogP contribution is -2.45. The zero-order valence-corrected chi connectivity index (χ0v) is 27.7. The number of hydrogen-bond donors (Lipinski definition) is 4. The summed E-state index contributed by atoms with van der Waals surface area (Å²) < 4.78 is 5.97. The first-order chi connectivity index (χ1) is 22.7. The average Bonchev–Trinajstić information content (AvgIpc) is 3.59. The Balaban J connectivity index is 1.62. The van der Waals surface area contributed by atoms with Crippen molar-refractivity contribution in [1.82, 2.24) is 10.2 Å². The number of unbranched alkanes of at least 4 members (excludes halogenated alkanes) is 2. The summed E-state index contributed by atoms with van der Waals surface area (Å²) in [5, 5.41) is 7.44. The molecule has 4 rings (SSSR count). The summed E-state index contributed by atoms with van der Waals surface area (Å²) in [4.78, 5) is 53.5. The van der Waals surface area contributed by atoms with Gasteiger partial charge < -0.3 is 26.0 Å². The molecule has 10 heteroatoms. The van der Waals surface area contributed by atoms with E-state index < -0.39 is 36.3 Å². The van der Waals surface area contributed by atoms with Crippen LogP contribution in [0, 0.1) is 0 Å². The van der Waals surface area contributed by atoms with E-state index in [0.717, 1.165) is 42.4 Å². The summed E-state index contributed by atoms with van der Waals surface area (Å²) in [5.74, 6) is -1.64. The van der Waals surface area contributed by atoms with Crippen LogP contribution in [0.25, 0.3) is 11.1 Å². The third-order valence-corrected chi connectivity index (χ3v) is 8.25. The number of carbonyl (C=O) groups is 4. The summed E-state index contributed by atoms with van der Waals surface area (Å²) in [6.07, 6.45) is 6.90. The van der Waals surface area contributed by atoms with Gasteiger partial charge in [0, 0.05) is 23.4 Å². The summed E-state index contributed by atoms with van der Waals surface area (Å²) in [6.45, 7) is 4.09. The zero-order valence-electron chi connectivity index (χ0n) is 26.8. The van der Waals surface area contributed by atoms with Gasteiger partial charge in [-0.2, -0.15) is 12.6 Å². The fourth-order valence-electron chi connectivity index (χ4n) is 5.54. The minimum atomic E-state index is -0.692. The van der Waals surface area contributed by atoms with Crippen LogP contribution in [-0.4, -0.2) is 47.7 Å². The van der Waals surface area contributed by atoms with E-state index in [-0.39, 0.29) is 17.0 Å². The van der Waals surface area contributed by atoms with Crippen LogP contribution in [0.5, 0.6) is 5.75 Å². The Morgan fingerprint density at radius 1 is 1.00 bits per heavy atom. The van der Waals surface area contributed by atoms with Crippen molar-refractivity contribution in [2.75, 3.05) is 18.5 Å². The molecule has 246 valence electrons. The molecular weight excluding hydrogens is 612 g/mol. The number of likely N-dealkylation sites (tertiary alicyclic amines) is 1. The molecule has 0 radical (unpaired) electrons. The first-order valence-corrected chi connectivity index (χ1v) is 16.4. The number of anilines is 1. The minimum absolute atomic E-state index is 0.126. The summed E-state index contributed by atoms with van der Waals surface area (Å²) in [6, 6.07) is 20.8. The van der Waals surface area contributed by atoms with Crippen molar-refractivity contribution in [2.45, 2.75) is 58.4 Å². The monoisotopic (exact) mass is 654 g/mol. The quantitative estimate of drug-likeness (QED) is 0.0897. The molecule has 1 aliphatic rings. The fourth-order valence-corrected chi connectivity index (χ4v) is 5.69. The van der Waals surface area contributed by atoms with Gasteiger partial charge in [0.1, 0.15) is 11.8 Å². The molecule has 4 N–H and O–H groups in total. The van der Waals surface area contributed by atoms with Gasteiger partial charge in [0.25, 0.3) is 17.7 Å². The van der Waals surface area contributed by atoms with Gasteiger partial charge in [-0.25, -0.2) is 0 Å². The molecule has 1 saturated heterocycles. The highest BCUT2D eigenvalue weighted by Gasteiger charge is 2.33. The van der Waals surface area contributed by atoms with Crippen molar-refractivity contribution in [3.8, 4) is 16.9 Å². The van der Waals surface area contributed by atoms with Crippen LogP contribution in [0.2, 0.25) is 0 Å². The number of nitrogens with two attached hydrogens (primary N) is 1. The van der Waals surface area contributed by atoms with Crippen LogP contribution >= 0.6 is 12.6 Å². The van der Waals surface area contributed by atoms with E-state index in [9.17, 15) is 19.2 Å². The van der Waals surface area contributed by atoms with Gasteiger partial charge >= 0.3 is 0 Å². The molecule has 1 heterocycles. The second-order valence-corrected chi connectivity index (χ2v) is 11.7. The smallest absolute Gasteiger partial charge is 0.261 e. The van der Waals surface area contributed by atoms with Crippen LogP contribution in [0.1, 0.15) is 73.1 Å². The third kappa shape index (κ3) is 9.36. The summed E-state index contributed by atoms with van der Waals surface area (Å²) in [5.41, 5.74) is 9.79. The molecule has 4 amide bonds. The number of hydrogen-bond acceptors (Lipinski definition) is 6. The molecule has 0 spiro atoms. The number of nitrogens with zero attached hydrogens (tertiary/aromatic N) is 1. The standard InChI is InChI=1S/C37H42N4O5S/c1-3-4-6-12-25(2)30(20-22-47)39-36(44)27-18-19-31(33(23-27)46-24-34(42)41-21-11-17-32(41)35(38)43)40-37(45)29-16-10-9-15-28(29)26-13-7-5-8-14-26/h5,7-10,13-16,18-20,22-23,32,47H,3-4,6,11-12,17,21,24H2,1-2H3,(H2,38,43)(H,39,44)(H,40,45)/b22-20-,30-25-/t32-/m0/s1. The Kier molecular flexibility index (Phi) is 12.8. The molecule has 1 atom stereocenters. The Morgan fingerprint density at radius 2 is 1.74 bits per heavy atom. The highest BCUT2D eigenvalue weighted by atomic mass is 32.1. The Bertz CT molecular complexity index is 1650. The van der Waals surface area contributed by atoms with Gasteiger partial charge in [0.15, 0.2) is 6.61 Å². The lowest BCUT2D eigenvalue weighted by molar-refractivity contribution is -0.138. The molecule has 0 bridgehead atoms.